The SMILES string of the molecule is C=CCOC(=O)[C@@H](CC(=O)[C@H](Cc1cccc2ccccc12)NC(=O)OC(C)(C)C)C(C)C. The number of ether oxygens (including phenoxy) is 2. The number of carbonyl (C=O) groups is 3. The minimum Gasteiger partial charge on any atom is -0.461 e. The maximum atomic E-state index is 13.4. The average Bonchev–Trinajstić information content (AvgIpc) is 2.73. The van der Waals surface area contributed by atoms with Gasteiger partial charge in [-0.15, -0.1) is 0 Å². The van der Waals surface area contributed by atoms with E-state index < -0.39 is 29.6 Å². The van der Waals surface area contributed by atoms with Gasteiger partial charge in [-0.3, -0.25) is 9.59 Å². The third-order valence-electron chi connectivity index (χ3n) is 5.26. The van der Waals surface area contributed by atoms with Crippen molar-refractivity contribution in [2.75, 3.05) is 6.61 Å². The van der Waals surface area contributed by atoms with Crippen molar-refractivity contribution in [1.29, 1.82) is 0 Å². The van der Waals surface area contributed by atoms with E-state index in [4.69, 9.17) is 9.47 Å². The van der Waals surface area contributed by atoms with Crippen LogP contribution in [0.5, 0.6) is 0 Å². The Bertz CT molecular complexity index is 984. The van der Waals surface area contributed by atoms with Gasteiger partial charge in [0, 0.05) is 12.8 Å². The van der Waals surface area contributed by atoms with Gasteiger partial charge in [-0.25, -0.2) is 4.79 Å². The van der Waals surface area contributed by atoms with Crippen LogP contribution < -0.4 is 5.32 Å². The van der Waals surface area contributed by atoms with Gasteiger partial charge in [0.1, 0.15) is 12.2 Å². The van der Waals surface area contributed by atoms with Crippen molar-refractivity contribution in [3.63, 3.8) is 0 Å². The number of rotatable bonds is 10. The molecule has 0 heterocycles. The molecular weight excluding hydrogens is 418 g/mol. The van der Waals surface area contributed by atoms with Crippen molar-refractivity contribution in [3.8, 4) is 0 Å². The van der Waals surface area contributed by atoms with Crippen molar-refractivity contribution in [1.82, 2.24) is 5.32 Å². The fraction of sp³-hybridized carbons (Fsp3) is 0.444. The lowest BCUT2D eigenvalue weighted by molar-refractivity contribution is -0.150. The fourth-order valence-electron chi connectivity index (χ4n) is 3.58. The molecule has 6 heteroatoms. The van der Waals surface area contributed by atoms with E-state index in [0.29, 0.717) is 0 Å². The number of Topliss-reactive ketones (excluding diaryl/α,β-unsaturated/α-hetero) is 1. The molecule has 0 aliphatic rings. The number of amides is 1. The zero-order valence-corrected chi connectivity index (χ0v) is 20.2. The van der Waals surface area contributed by atoms with Crippen LogP contribution in [0.15, 0.2) is 55.1 Å². The van der Waals surface area contributed by atoms with Crippen molar-refractivity contribution in [3.05, 3.63) is 60.7 Å². The number of carbonyl (C=O) groups excluding carboxylic acids is 3. The Morgan fingerprint density at radius 1 is 1.06 bits per heavy atom. The van der Waals surface area contributed by atoms with E-state index in [1.54, 1.807) is 20.8 Å². The molecule has 1 amide bonds. The van der Waals surface area contributed by atoms with Crippen LogP contribution in [-0.4, -0.2) is 36.1 Å². The summed E-state index contributed by atoms with van der Waals surface area (Å²) in [7, 11) is 0. The predicted molar refractivity (Wildman–Crippen MR) is 130 cm³/mol. The molecule has 178 valence electrons. The minimum absolute atomic E-state index is 0.0428. The summed E-state index contributed by atoms with van der Waals surface area (Å²) in [4.78, 5) is 38.4. The molecule has 0 radical (unpaired) electrons. The number of alkyl carbamates (subject to hydrolysis) is 1. The smallest absolute Gasteiger partial charge is 0.408 e. The van der Waals surface area contributed by atoms with Crippen LogP contribution in [0.1, 0.15) is 46.6 Å². The van der Waals surface area contributed by atoms with E-state index in [0.717, 1.165) is 16.3 Å². The van der Waals surface area contributed by atoms with Crippen LogP contribution in [0.25, 0.3) is 10.8 Å². The monoisotopic (exact) mass is 453 g/mol. The number of ketones is 1. The van der Waals surface area contributed by atoms with Gasteiger partial charge in [0.15, 0.2) is 5.78 Å². The fourth-order valence-corrected chi connectivity index (χ4v) is 3.58. The molecule has 0 unspecified atom stereocenters. The van der Waals surface area contributed by atoms with Gasteiger partial charge in [-0.1, -0.05) is 69.0 Å². The predicted octanol–water partition coefficient (Wildman–Crippen LogP) is 5.24. The van der Waals surface area contributed by atoms with Crippen molar-refractivity contribution < 1.29 is 23.9 Å². The second-order valence-electron chi connectivity index (χ2n) is 9.48. The van der Waals surface area contributed by atoms with E-state index >= 15 is 0 Å². The summed E-state index contributed by atoms with van der Waals surface area (Å²) in [6.45, 7) is 12.7. The lowest BCUT2D eigenvalue weighted by Gasteiger charge is -2.25. The van der Waals surface area contributed by atoms with Crippen LogP contribution in [0, 0.1) is 11.8 Å². The number of nitrogens with one attached hydrogen (secondary N) is 1. The summed E-state index contributed by atoms with van der Waals surface area (Å²) < 4.78 is 10.6. The third kappa shape index (κ3) is 8.04. The molecule has 0 bridgehead atoms. The summed E-state index contributed by atoms with van der Waals surface area (Å²) in [5, 5.41) is 4.79. The molecule has 33 heavy (non-hydrogen) atoms. The minimum atomic E-state index is -0.848. The molecule has 0 aliphatic carbocycles. The van der Waals surface area contributed by atoms with Crippen molar-refractivity contribution in [2.24, 2.45) is 11.8 Å². The Hall–Kier alpha value is -3.15. The summed E-state index contributed by atoms with van der Waals surface area (Å²) in [6, 6.07) is 12.9. The van der Waals surface area contributed by atoms with Gasteiger partial charge in [0.2, 0.25) is 0 Å². The number of hydrogen-bond donors (Lipinski definition) is 1. The van der Waals surface area contributed by atoms with E-state index in [9.17, 15) is 14.4 Å². The zero-order valence-electron chi connectivity index (χ0n) is 20.2. The highest BCUT2D eigenvalue weighted by Crippen LogP contribution is 2.23. The highest BCUT2D eigenvalue weighted by Gasteiger charge is 2.31. The molecule has 6 nitrogen and oxygen atoms in total. The van der Waals surface area contributed by atoms with E-state index in [1.807, 2.05) is 56.3 Å². The van der Waals surface area contributed by atoms with Crippen LogP contribution >= 0.6 is 0 Å². The standard InChI is InChI=1S/C27H35NO5/c1-7-15-32-25(30)22(18(2)3)17-24(29)23(28-26(31)33-27(4,5)6)16-20-13-10-12-19-11-8-9-14-21(19)20/h7-14,18,22-23H,1,15-17H2,2-6H3,(H,28,31)/t22-,23-/m0/s1. The first-order valence-corrected chi connectivity index (χ1v) is 11.3. The van der Waals surface area contributed by atoms with E-state index in [1.165, 1.54) is 6.08 Å². The Balaban J connectivity index is 2.30. The van der Waals surface area contributed by atoms with Gasteiger partial charge < -0.3 is 14.8 Å². The lowest BCUT2D eigenvalue weighted by atomic mass is 9.87. The Morgan fingerprint density at radius 2 is 1.73 bits per heavy atom. The maximum absolute atomic E-state index is 13.4. The molecule has 1 N–H and O–H groups in total. The first kappa shape index (κ1) is 26.1. The first-order valence-electron chi connectivity index (χ1n) is 11.3. The highest BCUT2D eigenvalue weighted by atomic mass is 16.6. The Kier molecular flexibility index (Phi) is 9.21. The molecule has 0 saturated carbocycles. The van der Waals surface area contributed by atoms with Gasteiger partial charge >= 0.3 is 12.1 Å². The third-order valence-corrected chi connectivity index (χ3v) is 5.26. The zero-order chi connectivity index (χ0) is 24.6. The number of hydrogen-bond acceptors (Lipinski definition) is 5. The van der Waals surface area contributed by atoms with Crippen LogP contribution in [0.3, 0.4) is 0 Å². The lowest BCUT2D eigenvalue weighted by Crippen LogP contribution is -2.46. The summed E-state index contributed by atoms with van der Waals surface area (Å²) in [5.41, 5.74) is 0.226. The second-order valence-corrected chi connectivity index (χ2v) is 9.48. The van der Waals surface area contributed by atoms with Crippen LogP contribution in [-0.2, 0) is 25.5 Å². The second kappa shape index (κ2) is 11.6. The number of benzene rings is 2. The molecule has 2 rings (SSSR count). The molecule has 0 aromatic heterocycles. The molecule has 0 spiro atoms. The normalized spacial score (nSPS) is 13.3. The van der Waals surface area contributed by atoms with E-state index in [2.05, 4.69) is 11.9 Å². The average molecular weight is 454 g/mol. The quantitative estimate of drug-likeness (QED) is 0.393. The Labute approximate surface area is 196 Å². The van der Waals surface area contributed by atoms with Crippen molar-refractivity contribution in [2.45, 2.75) is 59.1 Å². The molecule has 0 saturated heterocycles. The molecule has 2 aromatic carbocycles. The Morgan fingerprint density at radius 3 is 2.36 bits per heavy atom. The first-order chi connectivity index (χ1) is 15.5. The highest BCUT2D eigenvalue weighted by molar-refractivity contribution is 5.92. The summed E-state index contributed by atoms with van der Waals surface area (Å²) in [5.74, 6) is -1.42. The molecule has 2 aromatic rings. The van der Waals surface area contributed by atoms with Crippen LogP contribution in [0.2, 0.25) is 0 Å². The molecule has 0 fully saturated rings. The van der Waals surface area contributed by atoms with Gasteiger partial charge in [-0.05, 0) is 43.0 Å². The summed E-state index contributed by atoms with van der Waals surface area (Å²) in [6.07, 6.45) is 1.06. The van der Waals surface area contributed by atoms with Gasteiger partial charge in [0.05, 0.1) is 12.0 Å². The number of fused-ring (bicyclic) bond motifs is 1. The van der Waals surface area contributed by atoms with Gasteiger partial charge in [0.25, 0.3) is 0 Å². The molecule has 0 aliphatic heterocycles. The van der Waals surface area contributed by atoms with Crippen LogP contribution in [0.4, 0.5) is 4.79 Å². The molecular formula is C27H35NO5. The maximum Gasteiger partial charge on any atom is 0.408 e. The number of esters is 1. The summed E-state index contributed by atoms with van der Waals surface area (Å²) >= 11 is 0. The van der Waals surface area contributed by atoms with Gasteiger partial charge in [-0.2, -0.15) is 0 Å². The largest absolute Gasteiger partial charge is 0.461 e. The van der Waals surface area contributed by atoms with E-state index in [-0.39, 0.29) is 31.1 Å². The molecule has 2 atom stereocenters. The van der Waals surface area contributed by atoms with Crippen molar-refractivity contribution >= 4 is 28.6 Å². The topological polar surface area (TPSA) is 81.7 Å².